The van der Waals surface area contributed by atoms with E-state index in [0.717, 1.165) is 12.1 Å². The van der Waals surface area contributed by atoms with E-state index in [1.54, 1.807) is 0 Å². The van der Waals surface area contributed by atoms with E-state index in [1.807, 2.05) is 0 Å². The van der Waals surface area contributed by atoms with Crippen LogP contribution in [0.15, 0.2) is 24.3 Å². The van der Waals surface area contributed by atoms with E-state index < -0.39 is 47.4 Å². The lowest BCUT2D eigenvalue weighted by molar-refractivity contribution is -0.143. The van der Waals surface area contributed by atoms with Crippen molar-refractivity contribution in [3.8, 4) is 5.75 Å². The van der Waals surface area contributed by atoms with Crippen LogP contribution in [-0.2, 0) is 15.8 Å². The second-order valence-corrected chi connectivity index (χ2v) is 5.74. The number of carbonyl (C=O) groups is 2. The molecular formula is C16H18F3NO4. The molecule has 2 rings (SSSR count). The molecule has 1 aliphatic carbocycles. The monoisotopic (exact) mass is 345 g/mol. The van der Waals surface area contributed by atoms with Gasteiger partial charge in [-0.25, -0.2) is 0 Å². The van der Waals surface area contributed by atoms with Gasteiger partial charge < -0.3 is 15.2 Å². The maximum atomic E-state index is 12.9. The summed E-state index contributed by atoms with van der Waals surface area (Å²) in [5.74, 6) is -2.74. The Kier molecular flexibility index (Phi) is 5.36. The molecule has 0 bridgehead atoms. The summed E-state index contributed by atoms with van der Waals surface area (Å²) in [6, 6.07) is 4.10. The fourth-order valence-electron chi connectivity index (χ4n) is 2.78. The summed E-state index contributed by atoms with van der Waals surface area (Å²) in [4.78, 5) is 23.2. The fourth-order valence-corrected chi connectivity index (χ4v) is 2.78. The number of benzene rings is 1. The van der Waals surface area contributed by atoms with Gasteiger partial charge in [-0.05, 0) is 31.9 Å². The number of carboxylic acids is 1. The van der Waals surface area contributed by atoms with Crippen LogP contribution >= 0.6 is 0 Å². The van der Waals surface area contributed by atoms with Crippen molar-refractivity contribution >= 4 is 11.9 Å². The molecule has 5 nitrogen and oxygen atoms in total. The Morgan fingerprint density at radius 2 is 1.96 bits per heavy atom. The van der Waals surface area contributed by atoms with Gasteiger partial charge in [0, 0.05) is 6.04 Å². The minimum atomic E-state index is -4.59. The molecule has 0 aliphatic heterocycles. The number of hydrogen-bond donors (Lipinski definition) is 2. The minimum absolute atomic E-state index is 0.436. The van der Waals surface area contributed by atoms with Crippen LogP contribution in [0.25, 0.3) is 0 Å². The van der Waals surface area contributed by atoms with Gasteiger partial charge in [0.25, 0.3) is 5.91 Å². The van der Waals surface area contributed by atoms with Crippen LogP contribution in [0.5, 0.6) is 5.75 Å². The second kappa shape index (κ2) is 7.11. The maximum absolute atomic E-state index is 12.9. The van der Waals surface area contributed by atoms with E-state index in [0.29, 0.717) is 19.3 Å². The zero-order valence-corrected chi connectivity index (χ0v) is 13.0. The number of amides is 1. The van der Waals surface area contributed by atoms with Crippen molar-refractivity contribution in [1.29, 1.82) is 0 Å². The summed E-state index contributed by atoms with van der Waals surface area (Å²) >= 11 is 0. The molecule has 0 aromatic heterocycles. The molecule has 24 heavy (non-hydrogen) atoms. The van der Waals surface area contributed by atoms with Gasteiger partial charge in [0.05, 0.1) is 11.5 Å². The number of alkyl halides is 3. The number of aliphatic carboxylic acids is 1. The Hall–Kier alpha value is -2.25. The Bertz CT molecular complexity index is 618. The highest BCUT2D eigenvalue weighted by atomic mass is 19.4. The summed E-state index contributed by atoms with van der Waals surface area (Å²) in [6.45, 7) is 1.33. The van der Waals surface area contributed by atoms with Crippen LogP contribution in [0.1, 0.15) is 31.7 Å². The van der Waals surface area contributed by atoms with E-state index >= 15 is 0 Å². The van der Waals surface area contributed by atoms with E-state index in [2.05, 4.69) is 5.32 Å². The van der Waals surface area contributed by atoms with E-state index in [1.165, 1.54) is 19.1 Å². The van der Waals surface area contributed by atoms with E-state index in [4.69, 9.17) is 9.84 Å². The number of para-hydroxylation sites is 1. The van der Waals surface area contributed by atoms with Crippen LogP contribution in [0.2, 0.25) is 0 Å². The summed E-state index contributed by atoms with van der Waals surface area (Å²) in [5, 5.41) is 11.7. The number of hydrogen-bond acceptors (Lipinski definition) is 3. The van der Waals surface area contributed by atoms with E-state index in [-0.39, 0.29) is 0 Å². The lowest BCUT2D eigenvalue weighted by atomic mass is 10.0. The molecule has 1 aliphatic rings. The summed E-state index contributed by atoms with van der Waals surface area (Å²) in [6.07, 6.45) is -4.11. The molecule has 1 fully saturated rings. The van der Waals surface area contributed by atoms with Crippen LogP contribution in [0, 0.1) is 5.92 Å². The Balaban J connectivity index is 2.04. The molecule has 1 unspecified atom stereocenters. The molecule has 0 spiro atoms. The molecule has 3 atom stereocenters. The number of halogens is 3. The minimum Gasteiger partial charge on any atom is -0.481 e. The van der Waals surface area contributed by atoms with Gasteiger partial charge in [0.2, 0.25) is 0 Å². The first kappa shape index (κ1) is 18.1. The summed E-state index contributed by atoms with van der Waals surface area (Å²) in [7, 11) is 0. The lowest BCUT2D eigenvalue weighted by Gasteiger charge is -2.22. The zero-order valence-electron chi connectivity index (χ0n) is 13.0. The first-order chi connectivity index (χ1) is 11.2. The smallest absolute Gasteiger partial charge is 0.419 e. The first-order valence-electron chi connectivity index (χ1n) is 7.56. The third-order valence-corrected chi connectivity index (χ3v) is 4.03. The topological polar surface area (TPSA) is 75.6 Å². The second-order valence-electron chi connectivity index (χ2n) is 5.74. The molecule has 1 aromatic rings. The average molecular weight is 345 g/mol. The maximum Gasteiger partial charge on any atom is 0.419 e. The third-order valence-electron chi connectivity index (χ3n) is 4.03. The van der Waals surface area contributed by atoms with E-state index in [9.17, 15) is 22.8 Å². The molecule has 0 radical (unpaired) electrons. The third kappa shape index (κ3) is 4.18. The normalized spacial score (nSPS) is 22.0. The fraction of sp³-hybridized carbons (Fsp3) is 0.500. The highest BCUT2D eigenvalue weighted by Gasteiger charge is 2.36. The SMILES string of the molecule is CC(Oc1ccccc1C(F)(F)F)C(=O)N[C@@H]1CCC[C@@H]1C(=O)O. The summed E-state index contributed by atoms with van der Waals surface area (Å²) < 4.78 is 43.9. The molecule has 1 saturated carbocycles. The lowest BCUT2D eigenvalue weighted by Crippen LogP contribution is -2.45. The first-order valence-corrected chi connectivity index (χ1v) is 7.56. The molecule has 132 valence electrons. The van der Waals surface area contributed by atoms with Crippen molar-refractivity contribution in [2.45, 2.75) is 44.5 Å². The van der Waals surface area contributed by atoms with Crippen molar-refractivity contribution in [1.82, 2.24) is 5.32 Å². The van der Waals surface area contributed by atoms with Gasteiger partial charge >= 0.3 is 12.1 Å². The van der Waals surface area contributed by atoms with Crippen molar-refractivity contribution in [2.24, 2.45) is 5.92 Å². The Morgan fingerprint density at radius 3 is 2.58 bits per heavy atom. The zero-order chi connectivity index (χ0) is 17.9. The molecule has 0 saturated heterocycles. The van der Waals surface area contributed by atoms with Crippen molar-refractivity contribution in [2.75, 3.05) is 0 Å². The van der Waals surface area contributed by atoms with Crippen molar-refractivity contribution < 1.29 is 32.6 Å². The van der Waals surface area contributed by atoms with Gasteiger partial charge in [-0.2, -0.15) is 13.2 Å². The highest BCUT2D eigenvalue weighted by molar-refractivity contribution is 5.82. The van der Waals surface area contributed by atoms with Crippen LogP contribution in [0.4, 0.5) is 13.2 Å². The molecule has 2 N–H and O–H groups in total. The van der Waals surface area contributed by atoms with Crippen molar-refractivity contribution in [3.05, 3.63) is 29.8 Å². The summed E-state index contributed by atoms with van der Waals surface area (Å²) in [5.41, 5.74) is -0.964. The van der Waals surface area contributed by atoms with Gasteiger partial charge in [0.15, 0.2) is 6.10 Å². The van der Waals surface area contributed by atoms with Gasteiger partial charge in [0.1, 0.15) is 5.75 Å². The number of carboxylic acid groups (broad SMARTS) is 1. The van der Waals surface area contributed by atoms with Gasteiger partial charge in [-0.15, -0.1) is 0 Å². The van der Waals surface area contributed by atoms with Gasteiger partial charge in [-0.3, -0.25) is 9.59 Å². The molecule has 1 aromatic carbocycles. The molecule has 0 heterocycles. The predicted octanol–water partition coefficient (Wildman–Crippen LogP) is 2.84. The molecule has 1 amide bonds. The Morgan fingerprint density at radius 1 is 1.29 bits per heavy atom. The quantitative estimate of drug-likeness (QED) is 0.860. The number of nitrogens with one attached hydrogen (secondary N) is 1. The Labute approximate surface area is 136 Å². The molecular weight excluding hydrogens is 327 g/mol. The van der Waals surface area contributed by atoms with Crippen molar-refractivity contribution in [3.63, 3.8) is 0 Å². The number of rotatable bonds is 5. The van der Waals surface area contributed by atoms with Crippen LogP contribution in [0.3, 0.4) is 0 Å². The van der Waals surface area contributed by atoms with Crippen LogP contribution < -0.4 is 10.1 Å². The highest BCUT2D eigenvalue weighted by Crippen LogP contribution is 2.36. The average Bonchev–Trinajstić information content (AvgIpc) is 2.95. The number of ether oxygens (including phenoxy) is 1. The predicted molar refractivity (Wildman–Crippen MR) is 78.4 cm³/mol. The largest absolute Gasteiger partial charge is 0.481 e. The van der Waals surface area contributed by atoms with Crippen LogP contribution in [-0.4, -0.2) is 29.1 Å². The molecule has 8 heteroatoms. The standard InChI is InChI=1S/C16H18F3NO4/c1-9(14(21)20-12-7-4-5-10(12)15(22)23)24-13-8-3-2-6-11(13)16(17,18)19/h2-3,6,8-10,12H,4-5,7H2,1H3,(H,20,21)(H,22,23)/t9?,10-,12+/m0/s1. The van der Waals surface area contributed by atoms with Gasteiger partial charge in [-0.1, -0.05) is 18.6 Å². The number of carbonyl (C=O) groups excluding carboxylic acids is 1.